The molecule has 0 fully saturated rings. The number of rotatable bonds is 2. The van der Waals surface area contributed by atoms with Crippen LogP contribution in [0.5, 0.6) is 0 Å². The molecular weight excluding hydrogens is 216 g/mol. The number of primary amides is 1. The molecule has 2 amide bonds. The Labute approximate surface area is 98.4 Å². The second-order valence-corrected chi connectivity index (χ2v) is 3.65. The van der Waals surface area contributed by atoms with E-state index in [4.69, 9.17) is 5.73 Å². The van der Waals surface area contributed by atoms with E-state index < -0.39 is 5.91 Å². The van der Waals surface area contributed by atoms with Gasteiger partial charge in [0.1, 0.15) is 0 Å². The van der Waals surface area contributed by atoms with E-state index in [-0.39, 0.29) is 11.5 Å². The van der Waals surface area contributed by atoms with Crippen molar-refractivity contribution >= 4 is 22.6 Å². The van der Waals surface area contributed by atoms with E-state index in [0.717, 1.165) is 10.8 Å². The van der Waals surface area contributed by atoms with Crippen molar-refractivity contribution in [3.8, 4) is 0 Å². The molecule has 2 aromatic carbocycles. The van der Waals surface area contributed by atoms with Crippen LogP contribution < -0.4 is 11.1 Å². The second-order valence-electron chi connectivity index (χ2n) is 3.65. The molecule has 2 aromatic rings. The van der Waals surface area contributed by atoms with Crippen molar-refractivity contribution in [2.75, 3.05) is 7.05 Å². The van der Waals surface area contributed by atoms with Crippen LogP contribution in [-0.2, 0) is 0 Å². The van der Waals surface area contributed by atoms with Crippen LogP contribution in [0.2, 0.25) is 0 Å². The van der Waals surface area contributed by atoms with Gasteiger partial charge in [-0.15, -0.1) is 0 Å². The molecule has 0 aromatic heterocycles. The van der Waals surface area contributed by atoms with Crippen molar-refractivity contribution in [1.82, 2.24) is 5.32 Å². The number of hydrogen-bond acceptors (Lipinski definition) is 2. The zero-order chi connectivity index (χ0) is 12.4. The summed E-state index contributed by atoms with van der Waals surface area (Å²) in [6.07, 6.45) is 0. The van der Waals surface area contributed by atoms with Gasteiger partial charge in [-0.3, -0.25) is 9.59 Å². The summed E-state index contributed by atoms with van der Waals surface area (Å²) in [5, 5.41) is 4.15. The first-order valence-corrected chi connectivity index (χ1v) is 5.18. The molecule has 0 bridgehead atoms. The first-order valence-electron chi connectivity index (χ1n) is 5.18. The summed E-state index contributed by atoms with van der Waals surface area (Å²) in [4.78, 5) is 23.2. The molecule has 4 heteroatoms. The van der Waals surface area contributed by atoms with Crippen molar-refractivity contribution in [3.63, 3.8) is 0 Å². The van der Waals surface area contributed by atoms with Gasteiger partial charge in [0.05, 0.1) is 11.1 Å². The van der Waals surface area contributed by atoms with Crippen molar-refractivity contribution in [1.29, 1.82) is 0 Å². The summed E-state index contributed by atoms with van der Waals surface area (Å²) in [6, 6.07) is 10.7. The van der Waals surface area contributed by atoms with Gasteiger partial charge in [0.15, 0.2) is 0 Å². The molecule has 0 unspecified atom stereocenters. The predicted octanol–water partition coefficient (Wildman–Crippen LogP) is 1.30. The van der Waals surface area contributed by atoms with E-state index in [1.807, 2.05) is 18.2 Å². The van der Waals surface area contributed by atoms with Crippen LogP contribution in [0.15, 0.2) is 36.4 Å². The topological polar surface area (TPSA) is 72.2 Å². The van der Waals surface area contributed by atoms with E-state index >= 15 is 0 Å². The third-order valence-corrected chi connectivity index (χ3v) is 2.65. The minimum Gasteiger partial charge on any atom is -0.366 e. The lowest BCUT2D eigenvalue weighted by molar-refractivity contribution is 0.0945. The van der Waals surface area contributed by atoms with Gasteiger partial charge in [-0.2, -0.15) is 0 Å². The number of benzene rings is 2. The zero-order valence-corrected chi connectivity index (χ0v) is 9.36. The highest BCUT2D eigenvalue weighted by Crippen LogP contribution is 2.22. The smallest absolute Gasteiger partial charge is 0.252 e. The maximum Gasteiger partial charge on any atom is 0.252 e. The number of carbonyl (C=O) groups is 2. The highest BCUT2D eigenvalue weighted by atomic mass is 16.2. The minimum absolute atomic E-state index is 0.239. The van der Waals surface area contributed by atoms with E-state index in [1.165, 1.54) is 7.05 Å². The third kappa shape index (κ3) is 1.85. The largest absolute Gasteiger partial charge is 0.366 e. The fourth-order valence-corrected chi connectivity index (χ4v) is 1.85. The second kappa shape index (κ2) is 4.25. The molecule has 2 rings (SSSR count). The van der Waals surface area contributed by atoms with Crippen LogP contribution >= 0.6 is 0 Å². The molecule has 0 heterocycles. The Morgan fingerprint density at radius 3 is 2.47 bits per heavy atom. The van der Waals surface area contributed by atoms with E-state index in [1.54, 1.807) is 18.2 Å². The van der Waals surface area contributed by atoms with Crippen LogP contribution in [0.25, 0.3) is 10.8 Å². The van der Waals surface area contributed by atoms with Gasteiger partial charge in [0, 0.05) is 7.05 Å². The number of amides is 2. The lowest BCUT2D eigenvalue weighted by Gasteiger charge is -2.09. The molecule has 0 spiro atoms. The average Bonchev–Trinajstić information content (AvgIpc) is 2.36. The molecule has 3 N–H and O–H groups in total. The van der Waals surface area contributed by atoms with Crippen molar-refractivity contribution in [3.05, 3.63) is 47.5 Å². The first-order chi connectivity index (χ1) is 8.15. The van der Waals surface area contributed by atoms with Gasteiger partial charge in [-0.25, -0.2) is 0 Å². The number of carbonyl (C=O) groups excluding carboxylic acids is 2. The summed E-state index contributed by atoms with van der Waals surface area (Å²) in [7, 11) is 1.52. The summed E-state index contributed by atoms with van der Waals surface area (Å²) in [5.74, 6) is -0.912. The number of nitrogens with two attached hydrogens (primary N) is 1. The highest BCUT2D eigenvalue weighted by molar-refractivity contribution is 6.15. The maximum absolute atomic E-state index is 11.8. The van der Waals surface area contributed by atoms with Crippen LogP contribution in [-0.4, -0.2) is 18.9 Å². The molecule has 86 valence electrons. The average molecular weight is 228 g/mol. The molecule has 0 saturated heterocycles. The fourth-order valence-electron chi connectivity index (χ4n) is 1.85. The summed E-state index contributed by atoms with van der Waals surface area (Å²) < 4.78 is 0. The van der Waals surface area contributed by atoms with Gasteiger partial charge < -0.3 is 11.1 Å². The molecule has 0 aliphatic heterocycles. The molecule has 4 nitrogen and oxygen atoms in total. The van der Waals surface area contributed by atoms with Crippen LogP contribution in [0, 0.1) is 0 Å². The van der Waals surface area contributed by atoms with Gasteiger partial charge in [0.25, 0.3) is 5.91 Å². The van der Waals surface area contributed by atoms with E-state index in [2.05, 4.69) is 5.32 Å². The first kappa shape index (κ1) is 11.1. The number of fused-ring (bicyclic) bond motifs is 1. The number of nitrogens with one attached hydrogen (secondary N) is 1. The fraction of sp³-hybridized carbons (Fsp3) is 0.0769. The standard InChI is InChI=1S/C13H12N2O2/c1-15-13(17)11-9-5-3-2-4-8(9)6-7-10(11)12(14)16/h2-7H,1H3,(H2,14,16)(H,15,17). The van der Waals surface area contributed by atoms with Crippen molar-refractivity contribution in [2.24, 2.45) is 5.73 Å². The Kier molecular flexibility index (Phi) is 2.78. The van der Waals surface area contributed by atoms with Crippen LogP contribution in [0.1, 0.15) is 20.7 Å². The quantitative estimate of drug-likeness (QED) is 0.813. The Bertz CT molecular complexity index is 605. The molecule has 0 atom stereocenters. The molecule has 0 radical (unpaired) electrons. The van der Waals surface area contributed by atoms with Crippen LogP contribution in [0.3, 0.4) is 0 Å². The Balaban J connectivity index is 2.84. The van der Waals surface area contributed by atoms with Gasteiger partial charge in [0.2, 0.25) is 5.91 Å². The molecular formula is C13H12N2O2. The maximum atomic E-state index is 11.8. The van der Waals surface area contributed by atoms with Crippen molar-refractivity contribution < 1.29 is 9.59 Å². The molecule has 17 heavy (non-hydrogen) atoms. The number of hydrogen-bond donors (Lipinski definition) is 2. The summed E-state index contributed by atoms with van der Waals surface area (Å²) in [6.45, 7) is 0. The van der Waals surface area contributed by atoms with Gasteiger partial charge >= 0.3 is 0 Å². The van der Waals surface area contributed by atoms with Gasteiger partial charge in [-0.05, 0) is 16.8 Å². The molecule has 0 aliphatic carbocycles. The lowest BCUT2D eigenvalue weighted by atomic mass is 9.98. The van der Waals surface area contributed by atoms with E-state index in [0.29, 0.717) is 5.56 Å². The lowest BCUT2D eigenvalue weighted by Crippen LogP contribution is -2.23. The Hall–Kier alpha value is -2.36. The predicted molar refractivity (Wildman–Crippen MR) is 65.9 cm³/mol. The van der Waals surface area contributed by atoms with E-state index in [9.17, 15) is 9.59 Å². The Morgan fingerprint density at radius 1 is 1.12 bits per heavy atom. The summed E-state index contributed by atoms with van der Waals surface area (Å²) in [5.41, 5.74) is 5.85. The normalized spacial score (nSPS) is 10.2. The molecule has 0 aliphatic rings. The SMILES string of the molecule is CNC(=O)c1c(C(N)=O)ccc2ccccc12. The monoisotopic (exact) mass is 228 g/mol. The third-order valence-electron chi connectivity index (χ3n) is 2.65. The zero-order valence-electron chi connectivity index (χ0n) is 9.36. The van der Waals surface area contributed by atoms with Gasteiger partial charge in [-0.1, -0.05) is 30.3 Å². The minimum atomic E-state index is -0.602. The Morgan fingerprint density at radius 2 is 1.82 bits per heavy atom. The van der Waals surface area contributed by atoms with Crippen LogP contribution in [0.4, 0.5) is 0 Å². The molecule has 0 saturated carbocycles. The summed E-state index contributed by atoms with van der Waals surface area (Å²) >= 11 is 0. The van der Waals surface area contributed by atoms with Crippen molar-refractivity contribution in [2.45, 2.75) is 0 Å². The highest BCUT2D eigenvalue weighted by Gasteiger charge is 2.17.